The topological polar surface area (TPSA) is 115 Å². The smallest absolute Gasteiger partial charge is 0.304 e. The largest absolute Gasteiger partial charge is 0.379 e. The highest BCUT2D eigenvalue weighted by atomic mass is 79.9. The van der Waals surface area contributed by atoms with Crippen LogP contribution >= 0.6 is 73.1 Å². The third kappa shape index (κ3) is 11.6. The minimum absolute atomic E-state index is 0. The molecule has 0 amide bonds. The van der Waals surface area contributed by atoms with Crippen molar-refractivity contribution in [3.8, 4) is 5.69 Å². The molecule has 2 saturated heterocycles. The van der Waals surface area contributed by atoms with Crippen LogP contribution in [0.15, 0.2) is 104 Å². The highest BCUT2D eigenvalue weighted by Gasteiger charge is 2.37. The minimum atomic E-state index is -2.86. The van der Waals surface area contributed by atoms with Crippen molar-refractivity contribution in [2.45, 2.75) is 54.1 Å². The van der Waals surface area contributed by atoms with Gasteiger partial charge in [0.1, 0.15) is 17.9 Å². The lowest BCUT2D eigenvalue weighted by Gasteiger charge is -2.38. The number of benzene rings is 4. The number of rotatable bonds is 4. The SMILES string of the molecule is C.C.C[C@@H]1N=C(c2ccc(Cl)cc2)c2cc(Br)ccc2CC1=O.Cc1nnc2n1-c1ccc(Br)cc1C(c1ccc(Cl)cc1)=N[C@H]2C.O=P(Cl)(N1CCOCC1)N1CCOCC1. The Morgan fingerprint density at radius 1 is 0.677 bits per heavy atom. The Balaban J connectivity index is 0.000000177. The van der Waals surface area contributed by atoms with Crippen LogP contribution < -0.4 is 0 Å². The predicted molar refractivity (Wildman–Crippen MR) is 260 cm³/mol. The summed E-state index contributed by atoms with van der Waals surface area (Å²) in [7, 11) is 0. The average Bonchev–Trinajstić information content (AvgIpc) is 3.53. The van der Waals surface area contributed by atoms with Gasteiger partial charge in [0.25, 0.3) is 0 Å². The van der Waals surface area contributed by atoms with Gasteiger partial charge >= 0.3 is 6.80 Å². The van der Waals surface area contributed by atoms with Gasteiger partial charge in [0.05, 0.1) is 43.5 Å². The van der Waals surface area contributed by atoms with Crippen molar-refractivity contribution >= 4 is 90.3 Å². The zero-order chi connectivity index (χ0) is 42.6. The maximum Gasteiger partial charge on any atom is 0.304 e. The number of fused-ring (bicyclic) bond motifs is 4. The molecule has 0 radical (unpaired) electrons. The van der Waals surface area contributed by atoms with Crippen LogP contribution in [0.4, 0.5) is 0 Å². The Kier molecular flexibility index (Phi) is 17.9. The van der Waals surface area contributed by atoms with E-state index in [1.54, 1.807) is 0 Å². The normalized spacial score (nSPS) is 18.8. The Morgan fingerprint density at radius 2 is 1.15 bits per heavy atom. The third-order valence-corrected chi connectivity index (χ3v) is 15.4. The van der Waals surface area contributed by atoms with Gasteiger partial charge in [-0.1, -0.05) is 100 Å². The van der Waals surface area contributed by atoms with Gasteiger partial charge in [0, 0.05) is 73.8 Å². The van der Waals surface area contributed by atoms with Crippen molar-refractivity contribution in [2.24, 2.45) is 9.98 Å². The van der Waals surface area contributed by atoms with Crippen LogP contribution in [0.25, 0.3) is 5.69 Å². The molecule has 0 bridgehead atoms. The van der Waals surface area contributed by atoms with Crippen molar-refractivity contribution < 1.29 is 18.8 Å². The summed E-state index contributed by atoms with van der Waals surface area (Å²) in [5, 5.41) is 9.97. The summed E-state index contributed by atoms with van der Waals surface area (Å²) in [4.78, 5) is 21.7. The Morgan fingerprint density at radius 3 is 1.68 bits per heavy atom. The number of aryl methyl sites for hydroxylation is 1. The number of nitrogens with zero attached hydrogens (tertiary/aromatic N) is 7. The number of carbonyl (C=O) groups excluding carboxylic acids is 1. The number of halogens is 5. The van der Waals surface area contributed by atoms with Crippen LogP contribution in [0.5, 0.6) is 0 Å². The molecular formula is C45H51Br2Cl3N7O4P. The number of aliphatic imine (C=N–C) groups is 2. The van der Waals surface area contributed by atoms with Crippen molar-refractivity contribution in [3.63, 3.8) is 0 Å². The van der Waals surface area contributed by atoms with E-state index in [0.29, 0.717) is 69.1 Å². The summed E-state index contributed by atoms with van der Waals surface area (Å²) in [5.41, 5.74) is 7.88. The fraction of sp³-hybridized carbons (Fsp3) is 0.356. The van der Waals surface area contributed by atoms with E-state index < -0.39 is 6.80 Å². The Hall–Kier alpha value is -3.07. The standard InChI is InChI=1S/C18H14BrClN4.C17H13BrClNO.C8H16ClN2O3P.2CH4/c1-10-18-23-22-11(2)24(18)16-8-5-13(19)9-15(16)17(21-10)12-3-6-14(20)7-4-12;1-10-16(21)8-12-2-5-13(18)9-15(12)17(20-10)11-3-6-14(19)7-4-11;9-15(12,10-1-5-13-6-2-10)11-3-7-14-8-4-11;;/h3-10H,1-2H3;2-7,9-10H,8H2,1H3;1-8H2;2*1H4/t2*10-;;;/m00.../s1. The van der Waals surface area contributed by atoms with E-state index in [-0.39, 0.29) is 32.7 Å². The van der Waals surface area contributed by atoms with Gasteiger partial charge in [-0.15, -0.1) is 10.2 Å². The molecular weight excluding hydrogens is 1000 g/mol. The summed E-state index contributed by atoms with van der Waals surface area (Å²) in [6.45, 7) is 8.03. The molecule has 4 aliphatic rings. The Labute approximate surface area is 396 Å². The highest BCUT2D eigenvalue weighted by molar-refractivity contribution is 9.10. The van der Waals surface area contributed by atoms with Gasteiger partial charge in [-0.05, 0) is 92.2 Å². The second-order valence-corrected chi connectivity index (χ2v) is 20.6. The van der Waals surface area contributed by atoms with E-state index in [9.17, 15) is 9.36 Å². The van der Waals surface area contributed by atoms with Crippen molar-refractivity contribution in [1.82, 2.24) is 24.1 Å². The average molecular weight is 1050 g/mol. The summed E-state index contributed by atoms with van der Waals surface area (Å²) in [5.74, 6) is 1.84. The van der Waals surface area contributed by atoms with E-state index in [1.165, 1.54) is 0 Å². The van der Waals surface area contributed by atoms with Crippen LogP contribution in [0.1, 0.15) is 74.2 Å². The first-order valence-electron chi connectivity index (χ1n) is 19.5. The van der Waals surface area contributed by atoms with Gasteiger partial charge in [0.15, 0.2) is 11.6 Å². The van der Waals surface area contributed by atoms with E-state index in [4.69, 9.17) is 48.9 Å². The molecule has 0 unspecified atom stereocenters. The molecule has 0 N–H and O–H groups in total. The molecule has 5 aromatic rings. The quantitative estimate of drug-likeness (QED) is 0.164. The molecule has 4 aromatic carbocycles. The van der Waals surface area contributed by atoms with Crippen LogP contribution in [0.3, 0.4) is 0 Å². The van der Waals surface area contributed by atoms with E-state index in [0.717, 1.165) is 65.5 Å². The molecule has 2 atom stereocenters. The molecule has 0 spiro atoms. The van der Waals surface area contributed by atoms with E-state index >= 15 is 0 Å². The number of morpholine rings is 2. The Bertz CT molecular complexity index is 2430. The second kappa shape index (κ2) is 22.2. The van der Waals surface area contributed by atoms with Crippen molar-refractivity contribution in [2.75, 3.05) is 52.6 Å². The molecule has 330 valence electrons. The fourth-order valence-corrected chi connectivity index (χ4v) is 10.8. The van der Waals surface area contributed by atoms with Gasteiger partial charge in [-0.25, -0.2) is 9.34 Å². The molecule has 5 heterocycles. The van der Waals surface area contributed by atoms with Crippen molar-refractivity contribution in [1.29, 1.82) is 0 Å². The summed E-state index contributed by atoms with van der Waals surface area (Å²) in [6, 6.07) is 27.1. The lowest BCUT2D eigenvalue weighted by molar-refractivity contribution is -0.119. The summed E-state index contributed by atoms with van der Waals surface area (Å²) >= 11 is 25.3. The van der Waals surface area contributed by atoms with Crippen molar-refractivity contribution in [3.05, 3.63) is 143 Å². The number of ketones is 1. The number of carbonyl (C=O) groups is 1. The third-order valence-electron chi connectivity index (χ3n) is 10.4. The number of Topliss-reactive ketones (excluding diaryl/α,β-unsaturated/α-hetero) is 1. The molecule has 0 aliphatic carbocycles. The van der Waals surface area contributed by atoms with E-state index in [1.807, 2.05) is 103 Å². The van der Waals surface area contributed by atoms with Gasteiger partial charge in [-0.2, -0.15) is 0 Å². The summed E-state index contributed by atoms with van der Waals surface area (Å²) < 4.78 is 30.6. The first-order valence-corrected chi connectivity index (χ1v) is 24.3. The molecule has 2 fully saturated rings. The van der Waals surface area contributed by atoms with Crippen LogP contribution in [0, 0.1) is 6.92 Å². The number of ether oxygens (including phenoxy) is 2. The van der Waals surface area contributed by atoms with Gasteiger partial charge in [-0.3, -0.25) is 23.9 Å². The van der Waals surface area contributed by atoms with Crippen LogP contribution in [-0.4, -0.2) is 100.0 Å². The molecule has 62 heavy (non-hydrogen) atoms. The van der Waals surface area contributed by atoms with E-state index in [2.05, 4.69) is 63.7 Å². The number of aromatic nitrogens is 3. The molecule has 9 rings (SSSR count). The van der Waals surface area contributed by atoms with Crippen LogP contribution in [0.2, 0.25) is 10.0 Å². The molecule has 4 aliphatic heterocycles. The second-order valence-electron chi connectivity index (χ2n) is 14.5. The predicted octanol–water partition coefficient (Wildman–Crippen LogP) is 11.6. The zero-order valence-corrected chi connectivity index (χ0v) is 39.5. The summed E-state index contributed by atoms with van der Waals surface area (Å²) in [6.07, 6.45) is 0.421. The maximum absolute atomic E-state index is 12.4. The number of hydrogen-bond donors (Lipinski definition) is 0. The molecule has 17 heteroatoms. The lowest BCUT2D eigenvalue weighted by Crippen LogP contribution is -2.41. The maximum atomic E-state index is 12.4. The highest BCUT2D eigenvalue weighted by Crippen LogP contribution is 2.58. The first kappa shape index (κ1) is 49.9. The fourth-order valence-electron chi connectivity index (χ4n) is 7.21. The van der Waals surface area contributed by atoms with Gasteiger partial charge < -0.3 is 9.47 Å². The zero-order valence-electron chi connectivity index (χ0n) is 33.2. The molecule has 1 aromatic heterocycles. The molecule has 11 nitrogen and oxygen atoms in total. The first-order chi connectivity index (χ1) is 28.8. The van der Waals surface area contributed by atoms with Crippen LogP contribution in [-0.2, 0) is 25.3 Å². The minimum Gasteiger partial charge on any atom is -0.379 e. The van der Waals surface area contributed by atoms with Gasteiger partial charge in [0.2, 0.25) is 0 Å². The number of hydrogen-bond acceptors (Lipinski definition) is 8. The molecule has 0 saturated carbocycles. The monoisotopic (exact) mass is 1050 g/mol. The lowest BCUT2D eigenvalue weighted by atomic mass is 9.96.